The van der Waals surface area contributed by atoms with Crippen molar-refractivity contribution >= 4 is 24.0 Å². The van der Waals surface area contributed by atoms with Crippen molar-refractivity contribution in [1.82, 2.24) is 0 Å². The van der Waals surface area contributed by atoms with E-state index in [2.05, 4.69) is 6.58 Å². The van der Waals surface area contributed by atoms with Gasteiger partial charge in [-0.1, -0.05) is 18.7 Å². The fourth-order valence-corrected chi connectivity index (χ4v) is 5.31. The van der Waals surface area contributed by atoms with Gasteiger partial charge in [-0.3, -0.25) is 4.79 Å². The molecule has 5 atom stereocenters. The lowest BCUT2D eigenvalue weighted by atomic mass is 9.81. The van der Waals surface area contributed by atoms with Crippen LogP contribution in [0, 0.1) is 17.7 Å². The monoisotopic (exact) mass is 454 g/mol. The van der Waals surface area contributed by atoms with Crippen molar-refractivity contribution in [2.24, 2.45) is 11.8 Å². The van der Waals surface area contributed by atoms with Gasteiger partial charge >= 0.3 is 17.9 Å². The van der Waals surface area contributed by atoms with Crippen molar-refractivity contribution < 1.29 is 33.0 Å². The Morgan fingerprint density at radius 2 is 1.97 bits per heavy atom. The second-order valence-electron chi connectivity index (χ2n) is 9.14. The molecule has 6 nitrogen and oxygen atoms in total. The van der Waals surface area contributed by atoms with Gasteiger partial charge < -0.3 is 14.2 Å². The van der Waals surface area contributed by atoms with E-state index in [0.29, 0.717) is 30.4 Å². The van der Waals surface area contributed by atoms with E-state index in [1.807, 2.05) is 13.8 Å². The van der Waals surface area contributed by atoms with Gasteiger partial charge in [0.25, 0.3) is 0 Å². The molecule has 1 aromatic carbocycles. The zero-order valence-electron chi connectivity index (χ0n) is 18.9. The summed E-state index contributed by atoms with van der Waals surface area (Å²) < 4.78 is 30.3. The van der Waals surface area contributed by atoms with Gasteiger partial charge in [0.1, 0.15) is 23.6 Å². The van der Waals surface area contributed by atoms with E-state index in [1.54, 1.807) is 18.2 Å². The first-order chi connectivity index (χ1) is 15.6. The SMILES string of the molecule is C=C1C(=O)O[C@@H]2C3=C(C)[C@@H](OC(=O)/C=C/c4ccc(F)cc4)CC3[C@](C)(OC(C)=O)CC[C@@H]12. The van der Waals surface area contributed by atoms with E-state index >= 15 is 0 Å². The molecule has 2 fully saturated rings. The molecule has 0 amide bonds. The summed E-state index contributed by atoms with van der Waals surface area (Å²) in [6.45, 7) is 9.04. The Labute approximate surface area is 192 Å². The lowest BCUT2D eigenvalue weighted by Crippen LogP contribution is -2.40. The smallest absolute Gasteiger partial charge is 0.334 e. The van der Waals surface area contributed by atoms with Crippen LogP contribution in [0.25, 0.3) is 6.08 Å². The van der Waals surface area contributed by atoms with Crippen LogP contribution in [-0.2, 0) is 28.6 Å². The van der Waals surface area contributed by atoms with Gasteiger partial charge in [-0.2, -0.15) is 0 Å². The zero-order chi connectivity index (χ0) is 23.9. The largest absolute Gasteiger partial charge is 0.459 e. The summed E-state index contributed by atoms with van der Waals surface area (Å²) in [5.74, 6) is -2.16. The van der Waals surface area contributed by atoms with Crippen LogP contribution in [0.2, 0.25) is 0 Å². The Hall–Kier alpha value is -3.22. The van der Waals surface area contributed by atoms with Gasteiger partial charge in [-0.05, 0) is 68.0 Å². The maximum atomic E-state index is 13.1. The Morgan fingerprint density at radius 3 is 2.64 bits per heavy atom. The van der Waals surface area contributed by atoms with E-state index in [9.17, 15) is 18.8 Å². The summed E-state index contributed by atoms with van der Waals surface area (Å²) in [7, 11) is 0. The molecule has 0 bridgehead atoms. The molecule has 3 aliphatic rings. The number of esters is 3. The molecule has 1 unspecified atom stereocenters. The lowest BCUT2D eigenvalue weighted by molar-refractivity contribution is -0.162. The van der Waals surface area contributed by atoms with Gasteiger partial charge in [0.05, 0.1) is 0 Å². The predicted molar refractivity (Wildman–Crippen MR) is 118 cm³/mol. The number of rotatable bonds is 4. The molecule has 4 rings (SSSR count). The van der Waals surface area contributed by atoms with E-state index < -0.39 is 29.7 Å². The third kappa shape index (κ3) is 4.36. The first-order valence-electron chi connectivity index (χ1n) is 11.0. The number of hydrogen-bond acceptors (Lipinski definition) is 6. The topological polar surface area (TPSA) is 78.9 Å². The average Bonchev–Trinajstić information content (AvgIpc) is 3.18. The van der Waals surface area contributed by atoms with Crippen LogP contribution >= 0.6 is 0 Å². The van der Waals surface area contributed by atoms with E-state index in [4.69, 9.17) is 14.2 Å². The highest BCUT2D eigenvalue weighted by Gasteiger charge is 2.56. The second kappa shape index (κ2) is 8.61. The first-order valence-corrected chi connectivity index (χ1v) is 11.0. The Bertz CT molecular complexity index is 1070. The fourth-order valence-electron chi connectivity index (χ4n) is 5.31. The van der Waals surface area contributed by atoms with Crippen LogP contribution in [-0.4, -0.2) is 35.7 Å². The quantitative estimate of drug-likeness (QED) is 0.292. The van der Waals surface area contributed by atoms with E-state index in [-0.39, 0.29) is 23.6 Å². The maximum Gasteiger partial charge on any atom is 0.334 e. The zero-order valence-corrected chi connectivity index (χ0v) is 18.9. The second-order valence-corrected chi connectivity index (χ2v) is 9.14. The van der Waals surface area contributed by atoms with E-state index in [0.717, 1.165) is 11.1 Å². The van der Waals surface area contributed by atoms with Crippen LogP contribution in [0.15, 0.2) is 53.6 Å². The highest BCUT2D eigenvalue weighted by Crippen LogP contribution is 2.53. The van der Waals surface area contributed by atoms with Crippen molar-refractivity contribution in [3.05, 3.63) is 65.0 Å². The number of carbonyl (C=O) groups excluding carboxylic acids is 3. The maximum absolute atomic E-state index is 13.1. The van der Waals surface area contributed by atoms with Crippen LogP contribution in [0.3, 0.4) is 0 Å². The molecule has 1 aliphatic heterocycles. The molecule has 0 spiro atoms. The molecule has 7 heteroatoms. The number of carbonyl (C=O) groups is 3. The van der Waals surface area contributed by atoms with Crippen molar-refractivity contribution in [3.63, 3.8) is 0 Å². The third-order valence-corrected chi connectivity index (χ3v) is 6.99. The summed E-state index contributed by atoms with van der Waals surface area (Å²) in [4.78, 5) is 36.7. The Balaban J connectivity index is 1.60. The van der Waals surface area contributed by atoms with Gasteiger partial charge in [0, 0.05) is 30.4 Å². The molecule has 1 aromatic rings. The Morgan fingerprint density at radius 1 is 1.27 bits per heavy atom. The van der Waals surface area contributed by atoms with Crippen molar-refractivity contribution in [1.29, 1.82) is 0 Å². The Kier molecular flexibility index (Phi) is 5.99. The predicted octanol–water partition coefficient (Wildman–Crippen LogP) is 4.30. The highest BCUT2D eigenvalue weighted by atomic mass is 19.1. The van der Waals surface area contributed by atoms with E-state index in [1.165, 1.54) is 25.1 Å². The number of halogens is 1. The fraction of sp³-hybridized carbons (Fsp3) is 0.423. The molecular weight excluding hydrogens is 427 g/mol. The van der Waals surface area contributed by atoms with Crippen LogP contribution in [0.4, 0.5) is 4.39 Å². The molecule has 0 radical (unpaired) electrons. The standard InChI is InChI=1S/C26H27FO6/c1-14-19-11-12-26(4,33-16(3)28)20-13-21(15(2)23(20)24(19)32-25(14)30)31-22(29)10-7-17-5-8-18(27)9-6-17/h5-10,19-21,24H,1,11-13H2,2-4H3/b10-7+/t19-,20?,21-,24-,26+/m0/s1. The molecule has 1 saturated carbocycles. The molecular formula is C26H27FO6. The van der Waals surface area contributed by atoms with Gasteiger partial charge in [-0.15, -0.1) is 0 Å². The van der Waals surface area contributed by atoms with Crippen LogP contribution in [0.5, 0.6) is 0 Å². The molecule has 0 aromatic heterocycles. The van der Waals surface area contributed by atoms with Gasteiger partial charge in [0.15, 0.2) is 0 Å². The molecule has 174 valence electrons. The minimum Gasteiger partial charge on any atom is -0.459 e. The number of ether oxygens (including phenoxy) is 3. The average molecular weight is 454 g/mol. The van der Waals surface area contributed by atoms with Crippen molar-refractivity contribution in [2.75, 3.05) is 0 Å². The number of benzene rings is 1. The summed E-state index contributed by atoms with van der Waals surface area (Å²) in [5, 5.41) is 0. The molecule has 2 aliphatic carbocycles. The minimum absolute atomic E-state index is 0.199. The molecule has 0 N–H and O–H groups in total. The number of hydrogen-bond donors (Lipinski definition) is 0. The molecule has 1 saturated heterocycles. The summed E-state index contributed by atoms with van der Waals surface area (Å²) >= 11 is 0. The molecule has 1 heterocycles. The summed E-state index contributed by atoms with van der Waals surface area (Å²) in [6, 6.07) is 5.75. The highest BCUT2D eigenvalue weighted by molar-refractivity contribution is 5.91. The van der Waals surface area contributed by atoms with Crippen molar-refractivity contribution in [2.45, 2.75) is 57.8 Å². The summed E-state index contributed by atoms with van der Waals surface area (Å²) in [6.07, 6.45) is 3.38. The molecule has 33 heavy (non-hydrogen) atoms. The van der Waals surface area contributed by atoms with Gasteiger partial charge in [0.2, 0.25) is 0 Å². The normalized spacial score (nSPS) is 31.2. The van der Waals surface area contributed by atoms with Crippen LogP contribution in [0.1, 0.15) is 45.6 Å². The number of fused-ring (bicyclic) bond motifs is 3. The first kappa shape index (κ1) is 23.0. The lowest BCUT2D eigenvalue weighted by Gasteiger charge is -2.35. The minimum atomic E-state index is -0.815. The third-order valence-electron chi connectivity index (χ3n) is 6.99. The van der Waals surface area contributed by atoms with Gasteiger partial charge in [-0.25, -0.2) is 14.0 Å². The summed E-state index contributed by atoms with van der Waals surface area (Å²) in [5.41, 5.74) is 1.94. The van der Waals surface area contributed by atoms with Crippen molar-refractivity contribution in [3.8, 4) is 0 Å². The van der Waals surface area contributed by atoms with Crippen LogP contribution < -0.4 is 0 Å².